The molecule has 0 aliphatic rings. The van der Waals surface area contributed by atoms with Crippen LogP contribution in [0.3, 0.4) is 0 Å². The minimum Gasteiger partial charge on any atom is -0.481 e. The van der Waals surface area contributed by atoms with Gasteiger partial charge in [-0.15, -0.1) is 0 Å². The zero-order valence-electron chi connectivity index (χ0n) is 9.06. The maximum atomic E-state index is 13.6. The summed E-state index contributed by atoms with van der Waals surface area (Å²) in [6.07, 6.45) is -0.291. The normalized spacial score (nSPS) is 10.2. The topological polar surface area (TPSA) is 37.3 Å². The predicted molar refractivity (Wildman–Crippen MR) is 63.2 cm³/mol. The van der Waals surface area contributed by atoms with E-state index in [1.807, 2.05) is 30.3 Å². The van der Waals surface area contributed by atoms with E-state index < -0.39 is 11.8 Å². The molecule has 2 aromatic rings. The molecular formula is C14H11FO2. The van der Waals surface area contributed by atoms with Crippen molar-refractivity contribution in [2.75, 3.05) is 0 Å². The first-order valence-corrected chi connectivity index (χ1v) is 5.22. The van der Waals surface area contributed by atoms with E-state index >= 15 is 0 Å². The molecule has 2 nitrogen and oxygen atoms in total. The summed E-state index contributed by atoms with van der Waals surface area (Å²) < 4.78 is 13.6. The molecule has 17 heavy (non-hydrogen) atoms. The van der Waals surface area contributed by atoms with Crippen LogP contribution in [0.25, 0.3) is 11.1 Å². The number of halogens is 1. The van der Waals surface area contributed by atoms with Crippen LogP contribution in [0, 0.1) is 5.82 Å². The first-order valence-electron chi connectivity index (χ1n) is 5.22. The lowest BCUT2D eigenvalue weighted by atomic mass is 10.0. The highest BCUT2D eigenvalue weighted by molar-refractivity contribution is 5.71. The molecule has 0 aliphatic carbocycles. The molecule has 0 atom stereocenters. The summed E-state index contributed by atoms with van der Waals surface area (Å²) in [5.74, 6) is -1.51. The molecule has 3 heteroatoms. The molecule has 0 aliphatic heterocycles. The number of hydrogen-bond acceptors (Lipinski definition) is 1. The van der Waals surface area contributed by atoms with Crippen LogP contribution in [0.1, 0.15) is 5.56 Å². The van der Waals surface area contributed by atoms with Gasteiger partial charge >= 0.3 is 5.97 Å². The number of aliphatic carboxylic acids is 1. The third kappa shape index (κ3) is 2.69. The summed E-state index contributed by atoms with van der Waals surface area (Å²) >= 11 is 0. The van der Waals surface area contributed by atoms with Crippen molar-refractivity contribution in [1.82, 2.24) is 0 Å². The van der Waals surface area contributed by atoms with Gasteiger partial charge in [0.15, 0.2) is 0 Å². The second-order valence-corrected chi connectivity index (χ2v) is 3.74. The minimum absolute atomic E-state index is 0.206. The molecule has 0 radical (unpaired) electrons. The molecule has 0 unspecified atom stereocenters. The molecule has 1 N–H and O–H groups in total. The SMILES string of the molecule is O=C(O)Cc1ccc(-c2ccccc2)cc1F. The second kappa shape index (κ2) is 4.78. The summed E-state index contributed by atoms with van der Waals surface area (Å²) in [5.41, 5.74) is 1.86. The number of carbonyl (C=O) groups is 1. The highest BCUT2D eigenvalue weighted by Gasteiger charge is 2.08. The zero-order chi connectivity index (χ0) is 12.3. The standard InChI is InChI=1S/C14H11FO2/c15-13-8-11(10-4-2-1-3-5-10)6-7-12(13)9-14(16)17/h1-8H,9H2,(H,16,17). The van der Waals surface area contributed by atoms with Gasteiger partial charge in [-0.3, -0.25) is 4.79 Å². The van der Waals surface area contributed by atoms with E-state index in [4.69, 9.17) is 5.11 Å². The number of benzene rings is 2. The molecule has 0 saturated heterocycles. The molecule has 0 saturated carbocycles. The predicted octanol–water partition coefficient (Wildman–Crippen LogP) is 3.12. The van der Waals surface area contributed by atoms with Gasteiger partial charge in [0, 0.05) is 0 Å². The average molecular weight is 230 g/mol. The van der Waals surface area contributed by atoms with Crippen LogP contribution in [0.2, 0.25) is 0 Å². The smallest absolute Gasteiger partial charge is 0.307 e. The van der Waals surface area contributed by atoms with Crippen molar-refractivity contribution in [2.45, 2.75) is 6.42 Å². The fourth-order valence-corrected chi connectivity index (χ4v) is 1.66. The lowest BCUT2D eigenvalue weighted by Gasteiger charge is -2.04. The van der Waals surface area contributed by atoms with Crippen molar-refractivity contribution in [3.8, 4) is 11.1 Å². The summed E-state index contributed by atoms with van der Waals surface area (Å²) in [7, 11) is 0. The molecule has 0 heterocycles. The van der Waals surface area contributed by atoms with E-state index in [2.05, 4.69) is 0 Å². The van der Waals surface area contributed by atoms with Crippen molar-refractivity contribution >= 4 is 5.97 Å². The van der Waals surface area contributed by atoms with Crippen molar-refractivity contribution in [1.29, 1.82) is 0 Å². The molecule has 86 valence electrons. The van der Waals surface area contributed by atoms with E-state index in [9.17, 15) is 9.18 Å². The molecular weight excluding hydrogens is 219 g/mol. The molecule has 0 bridgehead atoms. The highest BCUT2D eigenvalue weighted by atomic mass is 19.1. The first kappa shape index (κ1) is 11.3. The lowest BCUT2D eigenvalue weighted by Crippen LogP contribution is -2.02. The number of hydrogen-bond donors (Lipinski definition) is 1. The Morgan fingerprint density at radius 2 is 1.76 bits per heavy atom. The van der Waals surface area contributed by atoms with Gasteiger partial charge in [0.1, 0.15) is 5.82 Å². The Bertz CT molecular complexity index is 535. The largest absolute Gasteiger partial charge is 0.481 e. The van der Waals surface area contributed by atoms with E-state index in [1.165, 1.54) is 12.1 Å². The minimum atomic E-state index is -1.03. The van der Waals surface area contributed by atoms with Gasteiger partial charge in [-0.25, -0.2) is 4.39 Å². The fourth-order valence-electron chi connectivity index (χ4n) is 1.66. The quantitative estimate of drug-likeness (QED) is 0.879. The van der Waals surface area contributed by atoms with Crippen LogP contribution in [-0.2, 0) is 11.2 Å². The summed E-state index contributed by atoms with van der Waals surface area (Å²) in [6, 6.07) is 14.0. The summed E-state index contributed by atoms with van der Waals surface area (Å²) in [6.45, 7) is 0. The molecule has 2 aromatic carbocycles. The number of carboxylic acids is 1. The molecule has 0 fully saturated rings. The van der Waals surface area contributed by atoms with Crippen molar-refractivity contribution < 1.29 is 14.3 Å². The second-order valence-electron chi connectivity index (χ2n) is 3.74. The van der Waals surface area contributed by atoms with E-state index in [-0.39, 0.29) is 12.0 Å². The van der Waals surface area contributed by atoms with E-state index in [0.717, 1.165) is 11.1 Å². The van der Waals surface area contributed by atoms with E-state index in [1.54, 1.807) is 6.07 Å². The lowest BCUT2D eigenvalue weighted by molar-refractivity contribution is -0.136. The summed E-state index contributed by atoms with van der Waals surface area (Å²) in [4.78, 5) is 10.5. The Hall–Kier alpha value is -2.16. The molecule has 2 rings (SSSR count). The van der Waals surface area contributed by atoms with Crippen LogP contribution in [0.5, 0.6) is 0 Å². The van der Waals surface area contributed by atoms with Gasteiger partial charge in [-0.05, 0) is 22.8 Å². The monoisotopic (exact) mass is 230 g/mol. The van der Waals surface area contributed by atoms with Crippen LogP contribution in [0.15, 0.2) is 48.5 Å². The van der Waals surface area contributed by atoms with Crippen LogP contribution in [0.4, 0.5) is 4.39 Å². The van der Waals surface area contributed by atoms with Gasteiger partial charge in [0.2, 0.25) is 0 Å². The third-order valence-electron chi connectivity index (χ3n) is 2.50. The third-order valence-corrected chi connectivity index (χ3v) is 2.50. The van der Waals surface area contributed by atoms with Crippen LogP contribution >= 0.6 is 0 Å². The zero-order valence-corrected chi connectivity index (χ0v) is 9.06. The Morgan fingerprint density at radius 3 is 2.35 bits per heavy atom. The van der Waals surface area contributed by atoms with Gasteiger partial charge < -0.3 is 5.11 Å². The Labute approximate surface area is 98.3 Å². The van der Waals surface area contributed by atoms with Crippen molar-refractivity contribution in [3.05, 3.63) is 59.9 Å². The number of rotatable bonds is 3. The van der Waals surface area contributed by atoms with Gasteiger partial charge in [-0.2, -0.15) is 0 Å². The van der Waals surface area contributed by atoms with Gasteiger partial charge in [-0.1, -0.05) is 42.5 Å². The fraction of sp³-hybridized carbons (Fsp3) is 0.0714. The molecule has 0 amide bonds. The Balaban J connectivity index is 2.34. The van der Waals surface area contributed by atoms with Crippen molar-refractivity contribution in [2.24, 2.45) is 0 Å². The highest BCUT2D eigenvalue weighted by Crippen LogP contribution is 2.21. The van der Waals surface area contributed by atoms with E-state index in [0.29, 0.717) is 0 Å². The number of carboxylic acid groups (broad SMARTS) is 1. The van der Waals surface area contributed by atoms with Gasteiger partial charge in [0.05, 0.1) is 6.42 Å². The maximum Gasteiger partial charge on any atom is 0.307 e. The van der Waals surface area contributed by atoms with Crippen molar-refractivity contribution in [3.63, 3.8) is 0 Å². The Kier molecular flexibility index (Phi) is 3.19. The summed E-state index contributed by atoms with van der Waals surface area (Å²) in [5, 5.41) is 8.61. The molecule has 0 spiro atoms. The van der Waals surface area contributed by atoms with Gasteiger partial charge in [0.25, 0.3) is 0 Å². The Morgan fingerprint density at radius 1 is 1.06 bits per heavy atom. The molecule has 0 aromatic heterocycles. The van der Waals surface area contributed by atoms with Crippen LogP contribution < -0.4 is 0 Å². The first-order chi connectivity index (χ1) is 8.16. The van der Waals surface area contributed by atoms with Crippen LogP contribution in [-0.4, -0.2) is 11.1 Å². The maximum absolute atomic E-state index is 13.6. The average Bonchev–Trinajstić information content (AvgIpc) is 2.32.